The highest BCUT2D eigenvalue weighted by Gasteiger charge is 2.13. The zero-order valence-electron chi connectivity index (χ0n) is 9.60. The van der Waals surface area contributed by atoms with Crippen molar-refractivity contribution in [2.75, 3.05) is 27.2 Å². The highest BCUT2D eigenvalue weighted by atomic mass is 16.5. The van der Waals surface area contributed by atoms with Gasteiger partial charge in [-0.15, -0.1) is 0 Å². The summed E-state index contributed by atoms with van der Waals surface area (Å²) in [5.41, 5.74) is 0.848. The van der Waals surface area contributed by atoms with Crippen LogP contribution in [0.5, 0.6) is 5.75 Å². The number of hydrogen-bond acceptors (Lipinski definition) is 3. The summed E-state index contributed by atoms with van der Waals surface area (Å²) in [6.45, 7) is 3.61. The van der Waals surface area contributed by atoms with Crippen LogP contribution in [0.2, 0.25) is 0 Å². The van der Waals surface area contributed by atoms with E-state index in [-0.39, 0.29) is 0 Å². The summed E-state index contributed by atoms with van der Waals surface area (Å²) in [6.07, 6.45) is -0.494. The summed E-state index contributed by atoms with van der Waals surface area (Å²) in [5, 5.41) is 10.0. The normalized spacial score (nSPS) is 12.9. The van der Waals surface area contributed by atoms with Crippen molar-refractivity contribution in [2.45, 2.75) is 13.0 Å². The second kappa shape index (κ2) is 5.73. The molecule has 0 radical (unpaired) electrons. The molecule has 0 aliphatic heterocycles. The molecule has 0 heterocycles. The van der Waals surface area contributed by atoms with Gasteiger partial charge in [0.1, 0.15) is 5.75 Å². The molecule has 0 bridgehead atoms. The largest absolute Gasteiger partial charge is 0.496 e. The van der Waals surface area contributed by atoms with Crippen LogP contribution in [0.25, 0.3) is 0 Å². The first-order valence-corrected chi connectivity index (χ1v) is 5.18. The van der Waals surface area contributed by atoms with Crippen LogP contribution in [-0.2, 0) is 0 Å². The quantitative estimate of drug-likeness (QED) is 0.801. The number of ether oxygens (including phenoxy) is 1. The van der Waals surface area contributed by atoms with Crippen LogP contribution < -0.4 is 4.74 Å². The Morgan fingerprint density at radius 1 is 1.40 bits per heavy atom. The van der Waals surface area contributed by atoms with Crippen molar-refractivity contribution in [3.8, 4) is 5.75 Å². The van der Waals surface area contributed by atoms with Crippen LogP contribution in [0.3, 0.4) is 0 Å². The van der Waals surface area contributed by atoms with Gasteiger partial charge in [-0.1, -0.05) is 25.1 Å². The maximum absolute atomic E-state index is 10.0. The Morgan fingerprint density at radius 2 is 2.07 bits per heavy atom. The molecule has 0 spiro atoms. The summed E-state index contributed by atoms with van der Waals surface area (Å²) in [5.74, 6) is 0.745. The third-order valence-electron chi connectivity index (χ3n) is 2.52. The highest BCUT2D eigenvalue weighted by Crippen LogP contribution is 2.24. The fourth-order valence-corrected chi connectivity index (χ4v) is 1.46. The number of aliphatic hydroxyl groups is 1. The molecule has 3 heteroatoms. The second-order valence-corrected chi connectivity index (χ2v) is 3.61. The Hall–Kier alpha value is -1.06. The van der Waals surface area contributed by atoms with E-state index in [1.165, 1.54) is 0 Å². The number of para-hydroxylation sites is 1. The summed E-state index contributed by atoms with van der Waals surface area (Å²) in [7, 11) is 3.60. The molecule has 1 atom stereocenters. The predicted octanol–water partition coefficient (Wildman–Crippen LogP) is 1.68. The molecule has 0 aliphatic rings. The lowest BCUT2D eigenvalue weighted by molar-refractivity contribution is 0.126. The van der Waals surface area contributed by atoms with E-state index < -0.39 is 6.10 Å². The Kier molecular flexibility index (Phi) is 4.59. The first-order chi connectivity index (χ1) is 7.19. The zero-order valence-corrected chi connectivity index (χ0v) is 9.60. The van der Waals surface area contributed by atoms with Gasteiger partial charge in [0.15, 0.2) is 0 Å². The Balaban J connectivity index is 2.76. The lowest BCUT2D eigenvalue weighted by atomic mass is 10.1. The molecule has 0 fully saturated rings. The molecular formula is C12H19NO2. The van der Waals surface area contributed by atoms with Crippen molar-refractivity contribution < 1.29 is 9.84 Å². The minimum absolute atomic E-state index is 0.494. The van der Waals surface area contributed by atoms with Crippen molar-refractivity contribution in [1.82, 2.24) is 4.90 Å². The standard InChI is InChI=1S/C12H19NO2/c1-4-13(2)9-11(14)10-7-5-6-8-12(10)15-3/h5-8,11,14H,4,9H2,1-3H3. The van der Waals surface area contributed by atoms with Crippen LogP contribution in [0.1, 0.15) is 18.6 Å². The van der Waals surface area contributed by atoms with Gasteiger partial charge in [0.25, 0.3) is 0 Å². The monoisotopic (exact) mass is 209 g/mol. The maximum Gasteiger partial charge on any atom is 0.124 e. The molecule has 1 N–H and O–H groups in total. The molecular weight excluding hydrogens is 190 g/mol. The summed E-state index contributed by atoms with van der Waals surface area (Å²) >= 11 is 0. The number of aliphatic hydroxyl groups excluding tert-OH is 1. The van der Waals surface area contributed by atoms with Crippen LogP contribution in [-0.4, -0.2) is 37.3 Å². The van der Waals surface area contributed by atoms with E-state index in [0.717, 1.165) is 17.9 Å². The van der Waals surface area contributed by atoms with E-state index in [0.29, 0.717) is 6.54 Å². The van der Waals surface area contributed by atoms with Gasteiger partial charge in [-0.3, -0.25) is 0 Å². The molecule has 0 aromatic heterocycles. The third-order valence-corrected chi connectivity index (χ3v) is 2.52. The van der Waals surface area contributed by atoms with E-state index >= 15 is 0 Å². The van der Waals surface area contributed by atoms with Crippen molar-refractivity contribution in [3.63, 3.8) is 0 Å². The van der Waals surface area contributed by atoms with Gasteiger partial charge in [0.2, 0.25) is 0 Å². The average Bonchev–Trinajstić information content (AvgIpc) is 2.28. The predicted molar refractivity (Wildman–Crippen MR) is 61.1 cm³/mol. The molecule has 1 aromatic carbocycles. The maximum atomic E-state index is 10.0. The number of rotatable bonds is 5. The highest BCUT2D eigenvalue weighted by molar-refractivity contribution is 5.35. The minimum Gasteiger partial charge on any atom is -0.496 e. The van der Waals surface area contributed by atoms with Gasteiger partial charge < -0.3 is 14.7 Å². The van der Waals surface area contributed by atoms with Crippen LogP contribution in [0, 0.1) is 0 Å². The molecule has 0 aliphatic carbocycles. The number of methoxy groups -OCH3 is 1. The number of hydrogen-bond donors (Lipinski definition) is 1. The average molecular weight is 209 g/mol. The van der Waals surface area contributed by atoms with Crippen molar-refractivity contribution in [2.24, 2.45) is 0 Å². The van der Waals surface area contributed by atoms with Gasteiger partial charge >= 0.3 is 0 Å². The molecule has 1 unspecified atom stereocenters. The molecule has 0 saturated carbocycles. The van der Waals surface area contributed by atoms with Gasteiger partial charge in [-0.05, 0) is 19.7 Å². The van der Waals surface area contributed by atoms with E-state index in [1.807, 2.05) is 31.3 Å². The fraction of sp³-hybridized carbons (Fsp3) is 0.500. The second-order valence-electron chi connectivity index (χ2n) is 3.61. The van der Waals surface area contributed by atoms with Crippen molar-refractivity contribution in [1.29, 1.82) is 0 Å². The fourth-order valence-electron chi connectivity index (χ4n) is 1.46. The number of benzene rings is 1. The molecule has 1 aromatic rings. The summed E-state index contributed by atoms with van der Waals surface area (Å²) in [4.78, 5) is 2.07. The minimum atomic E-state index is -0.494. The Bertz CT molecular complexity index is 301. The van der Waals surface area contributed by atoms with Crippen LogP contribution in [0.4, 0.5) is 0 Å². The number of nitrogens with zero attached hydrogens (tertiary/aromatic N) is 1. The van der Waals surface area contributed by atoms with Gasteiger partial charge in [0.05, 0.1) is 13.2 Å². The Labute approximate surface area is 91.3 Å². The molecule has 0 amide bonds. The van der Waals surface area contributed by atoms with Gasteiger partial charge in [-0.2, -0.15) is 0 Å². The molecule has 0 saturated heterocycles. The van der Waals surface area contributed by atoms with Crippen LogP contribution in [0.15, 0.2) is 24.3 Å². The van der Waals surface area contributed by atoms with Crippen molar-refractivity contribution in [3.05, 3.63) is 29.8 Å². The molecule has 15 heavy (non-hydrogen) atoms. The zero-order chi connectivity index (χ0) is 11.3. The van der Waals surface area contributed by atoms with E-state index in [2.05, 4.69) is 11.8 Å². The van der Waals surface area contributed by atoms with E-state index in [4.69, 9.17) is 4.74 Å². The molecule has 3 nitrogen and oxygen atoms in total. The molecule has 1 rings (SSSR count). The van der Waals surface area contributed by atoms with Crippen LogP contribution >= 0.6 is 0 Å². The summed E-state index contributed by atoms with van der Waals surface area (Å²) < 4.78 is 5.20. The first-order valence-electron chi connectivity index (χ1n) is 5.18. The van der Waals surface area contributed by atoms with Gasteiger partial charge in [-0.25, -0.2) is 0 Å². The Morgan fingerprint density at radius 3 is 2.67 bits per heavy atom. The lowest BCUT2D eigenvalue weighted by Crippen LogP contribution is -2.24. The third kappa shape index (κ3) is 3.22. The van der Waals surface area contributed by atoms with Gasteiger partial charge in [0, 0.05) is 12.1 Å². The smallest absolute Gasteiger partial charge is 0.124 e. The molecule has 84 valence electrons. The SMILES string of the molecule is CCN(C)CC(O)c1ccccc1OC. The van der Waals surface area contributed by atoms with E-state index in [1.54, 1.807) is 7.11 Å². The lowest BCUT2D eigenvalue weighted by Gasteiger charge is -2.20. The topological polar surface area (TPSA) is 32.7 Å². The first kappa shape index (κ1) is 12.0. The van der Waals surface area contributed by atoms with Crippen molar-refractivity contribution >= 4 is 0 Å². The van der Waals surface area contributed by atoms with E-state index in [9.17, 15) is 5.11 Å². The number of likely N-dealkylation sites (N-methyl/N-ethyl adjacent to an activating group) is 1. The summed E-state index contributed by atoms with van der Waals surface area (Å²) in [6, 6.07) is 7.57.